The van der Waals surface area contributed by atoms with E-state index in [9.17, 15) is 14.0 Å². The molecule has 0 aliphatic carbocycles. The number of ether oxygens (including phenoxy) is 1. The fraction of sp³-hybridized carbons (Fsp3) is 0.481. The van der Waals surface area contributed by atoms with Crippen LogP contribution in [-0.4, -0.2) is 98.0 Å². The normalized spacial score (nSPS) is 18.0. The molecule has 3 aliphatic rings. The van der Waals surface area contributed by atoms with Gasteiger partial charge in [-0.15, -0.1) is 23.7 Å². The minimum absolute atomic E-state index is 0. The van der Waals surface area contributed by atoms with Crippen LogP contribution in [-0.2, 0) is 9.53 Å². The van der Waals surface area contributed by atoms with Crippen molar-refractivity contribution in [2.45, 2.75) is 24.9 Å². The fourth-order valence-electron chi connectivity index (χ4n) is 4.55. The Balaban J connectivity index is 0.000000436. The molecular weight excluding hydrogens is 770 g/mol. The van der Waals surface area contributed by atoms with Crippen LogP contribution in [0, 0.1) is 11.9 Å². The first-order valence-corrected chi connectivity index (χ1v) is 13.5. The van der Waals surface area contributed by atoms with Crippen molar-refractivity contribution in [2.24, 2.45) is 0 Å². The molecule has 3 heterocycles. The molecule has 213 valence electrons. The molecule has 0 bridgehead atoms. The summed E-state index contributed by atoms with van der Waals surface area (Å²) in [6.07, 6.45) is 5.50. The van der Waals surface area contributed by atoms with Crippen molar-refractivity contribution < 1.29 is 18.7 Å². The Bertz CT molecular complexity index is 988. The molecule has 3 fully saturated rings. The number of morpholine rings is 1. The van der Waals surface area contributed by atoms with Gasteiger partial charge in [-0.1, -0.05) is 11.6 Å². The number of likely N-dealkylation sites (tertiary alicyclic amines) is 2. The van der Waals surface area contributed by atoms with Crippen LogP contribution >= 0.6 is 23.2 Å². The molecule has 2 amide bonds. The number of hydrogen-bond donors (Lipinski definition) is 1. The minimum atomic E-state index is -0.234. The van der Waals surface area contributed by atoms with Crippen LogP contribution in [0.25, 0.3) is 0 Å². The first-order chi connectivity index (χ1) is 18.0. The molecule has 0 unspecified atom stereocenters. The van der Waals surface area contributed by atoms with E-state index < -0.39 is 0 Å². The Morgan fingerprint density at radius 1 is 1.13 bits per heavy atom. The van der Waals surface area contributed by atoms with Crippen molar-refractivity contribution in [3.8, 4) is 0 Å². The number of benzene rings is 2. The van der Waals surface area contributed by atoms with E-state index in [1.54, 1.807) is 21.9 Å². The third-order valence-electron chi connectivity index (χ3n) is 6.56. The zero-order chi connectivity index (χ0) is 26.6. The molecule has 0 spiro atoms. The average molecular weight is 803 g/mol. The zero-order valence-corrected chi connectivity index (χ0v) is 25.3. The first-order valence-electron chi connectivity index (χ1n) is 12.3. The molecule has 3 aliphatic heterocycles. The molecule has 2 aromatic rings. The maximum absolute atomic E-state index is 12.6. The second-order valence-electron chi connectivity index (χ2n) is 8.93. The Morgan fingerprint density at radius 2 is 1.82 bits per heavy atom. The summed E-state index contributed by atoms with van der Waals surface area (Å²) in [5.74, 6) is -0.268. The minimum Gasteiger partial charge on any atom is -0.520 e. The van der Waals surface area contributed by atoms with Gasteiger partial charge in [0.25, 0.3) is 5.91 Å². The monoisotopic (exact) mass is 802 g/mol. The van der Waals surface area contributed by atoms with Gasteiger partial charge in [-0.2, -0.15) is 24.6 Å². The Morgan fingerprint density at radius 3 is 2.34 bits per heavy atom. The summed E-state index contributed by atoms with van der Waals surface area (Å²) in [5.41, 5.74) is 1.49. The number of nitrogens with zero attached hydrogens (tertiary/aromatic N) is 3. The SMILES string of the molecule is CCl.Fc1c[c-]ccc1.O=[C-]N1CCC(N2CC(Nc3ccc(C(=O)N4CCOCC4)c(Cl)c3)C2)CC1.[Es]. The summed E-state index contributed by atoms with van der Waals surface area (Å²) in [4.78, 5) is 29.3. The molecule has 5 rings (SSSR count). The predicted octanol–water partition coefficient (Wildman–Crippen LogP) is 3.92. The molecule has 0 atom stereocenters. The number of hydrogen-bond acceptors (Lipinski definition) is 5. The van der Waals surface area contributed by atoms with Crippen LogP contribution in [0.4, 0.5) is 10.1 Å². The summed E-state index contributed by atoms with van der Waals surface area (Å²) >= 11 is 11.0. The van der Waals surface area contributed by atoms with Crippen LogP contribution in [0.2, 0.25) is 5.02 Å². The van der Waals surface area contributed by atoms with Crippen molar-refractivity contribution in [3.63, 3.8) is 0 Å². The van der Waals surface area contributed by atoms with E-state index in [1.807, 2.05) is 24.6 Å². The summed E-state index contributed by atoms with van der Waals surface area (Å²) < 4.78 is 17.2. The van der Waals surface area contributed by atoms with Crippen LogP contribution in [0.5, 0.6) is 0 Å². The third kappa shape index (κ3) is 8.58. The van der Waals surface area contributed by atoms with Gasteiger partial charge in [0.1, 0.15) is 0 Å². The Hall–Kier alpha value is -3.39. The zero-order valence-electron chi connectivity index (χ0n) is 21.3. The summed E-state index contributed by atoms with van der Waals surface area (Å²) in [6.45, 7) is 5.95. The van der Waals surface area contributed by atoms with Crippen LogP contribution in [0.1, 0.15) is 23.2 Å². The number of alkyl halides is 1. The second-order valence-corrected chi connectivity index (χ2v) is 9.33. The van der Waals surface area contributed by atoms with E-state index in [-0.39, 0.29) is 11.7 Å². The number of halogens is 3. The molecule has 7 nitrogen and oxygen atoms in total. The molecule has 3 saturated heterocycles. The molecule has 1 radical (unpaired) electrons. The fourth-order valence-corrected chi connectivity index (χ4v) is 4.81. The molecule has 0 saturated carbocycles. The van der Waals surface area contributed by atoms with Crippen LogP contribution in [0.3, 0.4) is 0 Å². The van der Waals surface area contributed by atoms with Gasteiger partial charge in [0.15, 0.2) is 0 Å². The summed E-state index contributed by atoms with van der Waals surface area (Å²) in [6, 6.07) is 15.0. The van der Waals surface area contributed by atoms with Crippen molar-refractivity contribution in [3.05, 3.63) is 64.9 Å². The standard InChI is InChI=1S/C20H26ClN4O3.C6H4F.CH3Cl.Es/c21-19-11-15(1-2-18(19)20(27)24-7-9-28-10-8-24)22-16-12-25(13-16)17-3-5-23(14-26)6-4-17;7-6-4-2-1-3-5-6;1-2;/h1-2,11,16-17,22H,3-10,12-13H2;1-2,4-5H;1H3;/q2*-1;;. The van der Waals surface area contributed by atoms with Gasteiger partial charge in [0, 0.05) is 50.1 Å². The molecule has 0 aromatic heterocycles. The number of nitrogens with one attached hydrogen (secondary N) is 1. The number of carbonyl (C=O) groups is 1. The van der Waals surface area contributed by atoms with E-state index in [1.165, 1.54) is 18.5 Å². The van der Waals surface area contributed by atoms with E-state index >= 15 is 0 Å². The van der Waals surface area contributed by atoms with Crippen molar-refractivity contribution in [1.82, 2.24) is 14.7 Å². The first kappa shape index (κ1) is 30.8. The molecule has 2 aromatic carbocycles. The quantitative estimate of drug-likeness (QED) is 0.368. The van der Waals surface area contributed by atoms with E-state index in [0.29, 0.717) is 49.0 Å². The van der Waals surface area contributed by atoms with Crippen molar-refractivity contribution >= 4 is 41.2 Å². The summed E-state index contributed by atoms with van der Waals surface area (Å²) in [7, 11) is 0. The molecule has 38 heavy (non-hydrogen) atoms. The molecule has 1 N–H and O–H groups in total. The van der Waals surface area contributed by atoms with E-state index in [0.717, 1.165) is 44.7 Å². The third-order valence-corrected chi connectivity index (χ3v) is 6.87. The number of rotatable bonds is 5. The maximum atomic E-state index is 12.6. The number of amides is 2. The van der Waals surface area contributed by atoms with Crippen molar-refractivity contribution in [2.75, 3.05) is 64.2 Å². The van der Waals surface area contributed by atoms with Crippen molar-refractivity contribution in [1.29, 1.82) is 0 Å². The number of piperidine rings is 1. The summed E-state index contributed by atoms with van der Waals surface area (Å²) in [5, 5.41) is 3.99. The van der Waals surface area contributed by atoms with Gasteiger partial charge in [0.2, 0.25) is 0 Å². The Kier molecular flexibility index (Phi) is 12.8. The smallest absolute Gasteiger partial charge is 0.255 e. The number of carbonyl (C=O) groups excluding carboxylic acids is 2. The van der Waals surface area contributed by atoms with Gasteiger partial charge in [0.05, 0.1) is 29.8 Å². The van der Waals surface area contributed by atoms with Crippen LogP contribution in [0.15, 0.2) is 42.5 Å². The number of anilines is 1. The largest absolute Gasteiger partial charge is 0.520 e. The van der Waals surface area contributed by atoms with Gasteiger partial charge in [-0.3, -0.25) is 14.1 Å². The second kappa shape index (κ2) is 15.8. The van der Waals surface area contributed by atoms with Gasteiger partial charge < -0.3 is 24.6 Å². The van der Waals surface area contributed by atoms with Gasteiger partial charge in [-0.05, 0) is 44.1 Å². The average Bonchev–Trinajstić information content (AvgIpc) is 2.93. The molecular formula is C27H33Cl2EsFN4O3-2. The molecule has 11 heteroatoms. The predicted molar refractivity (Wildman–Crippen MR) is 144 cm³/mol. The Labute approximate surface area is 228 Å². The topological polar surface area (TPSA) is 65.1 Å². The van der Waals surface area contributed by atoms with E-state index in [2.05, 4.69) is 27.9 Å². The van der Waals surface area contributed by atoms with Crippen LogP contribution < -0.4 is 5.32 Å². The van der Waals surface area contributed by atoms with E-state index in [4.69, 9.17) is 16.3 Å². The van der Waals surface area contributed by atoms with Gasteiger partial charge >= 0.3 is 0 Å². The maximum Gasteiger partial charge on any atom is 0.255 e. The van der Waals surface area contributed by atoms with Gasteiger partial charge in [-0.25, -0.2) is 0 Å².